The summed E-state index contributed by atoms with van der Waals surface area (Å²) in [7, 11) is 3.45. The second-order valence-corrected chi connectivity index (χ2v) is 6.37. The molecule has 3 rings (SSSR count). The first-order chi connectivity index (χ1) is 12.5. The molecule has 1 heterocycles. The number of carbonyl (C=O) groups excluding carboxylic acids is 1. The molecular formula is C19H20N2O4S. The maximum absolute atomic E-state index is 11.3. The molecule has 1 atom stereocenters. The number of rotatable bonds is 5. The van der Waals surface area contributed by atoms with Gasteiger partial charge in [0.25, 0.3) is 0 Å². The average Bonchev–Trinajstić information content (AvgIpc) is 2.65. The molecule has 0 aromatic heterocycles. The Morgan fingerprint density at radius 3 is 2.81 bits per heavy atom. The van der Waals surface area contributed by atoms with Crippen molar-refractivity contribution in [3.8, 4) is 17.2 Å². The lowest BCUT2D eigenvalue weighted by Crippen LogP contribution is -2.38. The Labute approximate surface area is 157 Å². The van der Waals surface area contributed by atoms with Crippen LogP contribution in [-0.2, 0) is 13.0 Å². The highest BCUT2D eigenvalue weighted by atomic mass is 32.1. The van der Waals surface area contributed by atoms with E-state index in [9.17, 15) is 9.90 Å². The Kier molecular flexibility index (Phi) is 5.49. The third-order valence-corrected chi connectivity index (χ3v) is 4.75. The lowest BCUT2D eigenvalue weighted by Gasteiger charge is -2.31. The molecule has 1 unspecified atom stereocenters. The summed E-state index contributed by atoms with van der Waals surface area (Å²) >= 11 is 3.84. The molecule has 1 aliphatic rings. The first-order valence-electron chi connectivity index (χ1n) is 8.09. The van der Waals surface area contributed by atoms with E-state index in [4.69, 9.17) is 8.92 Å². The number of fused-ring (bicyclic) bond motifs is 1. The van der Waals surface area contributed by atoms with Crippen LogP contribution < -0.4 is 8.92 Å². The fourth-order valence-electron chi connectivity index (χ4n) is 3.05. The van der Waals surface area contributed by atoms with Crippen LogP contribution in [0, 0.1) is 0 Å². The van der Waals surface area contributed by atoms with Gasteiger partial charge in [-0.2, -0.15) is 0 Å². The van der Waals surface area contributed by atoms with Gasteiger partial charge in [0.05, 0.1) is 12.8 Å². The van der Waals surface area contributed by atoms with Crippen LogP contribution in [-0.4, -0.2) is 42.7 Å². The number of thiol groups is 1. The first kappa shape index (κ1) is 18.3. The molecule has 0 aliphatic carbocycles. The number of benzene rings is 2. The molecule has 0 saturated heterocycles. The van der Waals surface area contributed by atoms with Gasteiger partial charge in [-0.3, -0.25) is 14.7 Å². The zero-order chi connectivity index (χ0) is 18.7. The Balaban J connectivity index is 1.84. The van der Waals surface area contributed by atoms with E-state index in [1.165, 1.54) is 30.4 Å². The molecule has 1 aliphatic heterocycles. The lowest BCUT2D eigenvalue weighted by atomic mass is 9.94. The van der Waals surface area contributed by atoms with Crippen LogP contribution in [0.2, 0.25) is 0 Å². The number of nitrogens with zero attached hydrogens (tertiary/aromatic N) is 2. The van der Waals surface area contributed by atoms with Gasteiger partial charge in [-0.25, -0.2) is 0 Å². The number of methoxy groups -OCH3 is 1. The molecule has 0 saturated carbocycles. The van der Waals surface area contributed by atoms with Gasteiger partial charge >= 0.3 is 0 Å². The normalized spacial score (nSPS) is 17.1. The van der Waals surface area contributed by atoms with Gasteiger partial charge in [-0.15, -0.1) is 0 Å². The Hall–Kier alpha value is -2.51. The van der Waals surface area contributed by atoms with Crippen molar-refractivity contribution in [1.82, 2.24) is 4.90 Å². The highest BCUT2D eigenvalue weighted by Gasteiger charge is 2.22. The van der Waals surface area contributed by atoms with Crippen molar-refractivity contribution in [2.75, 3.05) is 14.2 Å². The van der Waals surface area contributed by atoms with Gasteiger partial charge in [0, 0.05) is 43.3 Å². The van der Waals surface area contributed by atoms with Crippen molar-refractivity contribution in [3.05, 3.63) is 47.0 Å². The fraction of sp³-hybridized carbons (Fsp3) is 0.263. The van der Waals surface area contributed by atoms with Crippen molar-refractivity contribution in [2.24, 2.45) is 4.99 Å². The predicted molar refractivity (Wildman–Crippen MR) is 103 cm³/mol. The van der Waals surface area contributed by atoms with Crippen LogP contribution >= 0.6 is 12.9 Å². The van der Waals surface area contributed by atoms with Gasteiger partial charge in [0.1, 0.15) is 5.75 Å². The number of aldehydes is 1. The monoisotopic (exact) mass is 372 g/mol. The summed E-state index contributed by atoms with van der Waals surface area (Å²) in [5, 5.41) is 9.94. The second kappa shape index (κ2) is 7.80. The summed E-state index contributed by atoms with van der Waals surface area (Å²) < 4.78 is 10.0. The van der Waals surface area contributed by atoms with E-state index in [2.05, 4.69) is 22.8 Å². The van der Waals surface area contributed by atoms with E-state index < -0.39 is 0 Å². The number of hydrogen-bond acceptors (Lipinski definition) is 7. The Morgan fingerprint density at radius 1 is 1.31 bits per heavy atom. The smallest absolute Gasteiger partial charge is 0.161 e. The minimum atomic E-state index is -0.0492. The summed E-state index contributed by atoms with van der Waals surface area (Å²) in [5.41, 5.74) is 3.20. The number of likely N-dealkylation sites (N-methyl/N-ethyl adjacent to an activating group) is 1. The van der Waals surface area contributed by atoms with Crippen molar-refractivity contribution < 1.29 is 18.8 Å². The van der Waals surface area contributed by atoms with Gasteiger partial charge in [-0.1, -0.05) is 6.07 Å². The summed E-state index contributed by atoms with van der Waals surface area (Å²) in [4.78, 5) is 17.9. The van der Waals surface area contributed by atoms with Crippen molar-refractivity contribution in [2.45, 2.75) is 19.0 Å². The maximum Gasteiger partial charge on any atom is 0.161 e. The number of phenols is 1. The third-order valence-electron chi connectivity index (χ3n) is 4.54. The van der Waals surface area contributed by atoms with E-state index >= 15 is 0 Å². The van der Waals surface area contributed by atoms with Crippen LogP contribution in [0.15, 0.2) is 35.3 Å². The highest BCUT2D eigenvalue weighted by molar-refractivity contribution is 7.75. The Morgan fingerprint density at radius 2 is 2.12 bits per heavy atom. The molecule has 0 bridgehead atoms. The maximum atomic E-state index is 11.3. The second-order valence-electron chi connectivity index (χ2n) is 6.19. The molecule has 1 N–H and O–H groups in total. The molecule has 136 valence electrons. The van der Waals surface area contributed by atoms with Gasteiger partial charge in [-0.05, 0) is 42.8 Å². The van der Waals surface area contributed by atoms with Crippen molar-refractivity contribution >= 4 is 31.1 Å². The quantitative estimate of drug-likeness (QED) is 0.365. The van der Waals surface area contributed by atoms with Crippen LogP contribution in [0.25, 0.3) is 0 Å². The molecule has 0 radical (unpaired) electrons. The van der Waals surface area contributed by atoms with Crippen molar-refractivity contribution in [3.63, 3.8) is 0 Å². The van der Waals surface area contributed by atoms with Gasteiger partial charge in [0.2, 0.25) is 0 Å². The summed E-state index contributed by atoms with van der Waals surface area (Å²) in [6.45, 7) is 0.755. The van der Waals surface area contributed by atoms with E-state index in [1.54, 1.807) is 6.21 Å². The van der Waals surface area contributed by atoms with E-state index in [0.717, 1.165) is 18.7 Å². The SMILES string of the molecule is COc1cc(C=O)c(N=CC2Cc3ccc(OS)cc3CN2C)cc1O. The zero-order valence-electron chi connectivity index (χ0n) is 14.5. The van der Waals surface area contributed by atoms with E-state index in [0.29, 0.717) is 17.5 Å². The molecule has 2 aromatic rings. The van der Waals surface area contributed by atoms with Gasteiger partial charge < -0.3 is 14.0 Å². The number of carbonyl (C=O) groups is 1. The van der Waals surface area contributed by atoms with Gasteiger partial charge in [0.15, 0.2) is 17.8 Å². The van der Waals surface area contributed by atoms with Crippen LogP contribution in [0.3, 0.4) is 0 Å². The molecule has 0 spiro atoms. The molecule has 26 heavy (non-hydrogen) atoms. The zero-order valence-corrected chi connectivity index (χ0v) is 15.4. The molecular weight excluding hydrogens is 352 g/mol. The molecule has 2 aromatic carbocycles. The topological polar surface area (TPSA) is 71.4 Å². The molecule has 0 amide bonds. The standard InChI is InChI=1S/C19H20N2O4S/c1-21-10-13-6-16(25-26)4-3-12(13)5-15(21)9-20-17-8-18(23)19(24-2)7-14(17)11-22/h3-4,6-9,11,15,23,26H,5,10H2,1-2H3. The summed E-state index contributed by atoms with van der Waals surface area (Å²) in [5.74, 6) is 0.917. The number of phenolic OH excluding ortho intramolecular Hbond substituents is 1. The van der Waals surface area contributed by atoms with Crippen LogP contribution in [0.1, 0.15) is 21.5 Å². The number of aliphatic imine (C=N–C) groups is 1. The average molecular weight is 372 g/mol. The number of aromatic hydroxyl groups is 1. The summed E-state index contributed by atoms with van der Waals surface area (Å²) in [6.07, 6.45) is 3.30. The fourth-order valence-corrected chi connectivity index (χ4v) is 3.16. The largest absolute Gasteiger partial charge is 0.504 e. The number of ether oxygens (including phenoxy) is 1. The predicted octanol–water partition coefficient (Wildman–Crippen LogP) is 3.20. The number of hydrogen-bond donors (Lipinski definition) is 2. The molecule has 7 heteroatoms. The minimum absolute atomic E-state index is 0.0492. The van der Waals surface area contributed by atoms with Crippen molar-refractivity contribution in [1.29, 1.82) is 0 Å². The Bertz CT molecular complexity index is 854. The lowest BCUT2D eigenvalue weighted by molar-refractivity contribution is 0.112. The molecule has 6 nitrogen and oxygen atoms in total. The third kappa shape index (κ3) is 3.68. The minimum Gasteiger partial charge on any atom is -0.504 e. The summed E-state index contributed by atoms with van der Waals surface area (Å²) in [6, 6.07) is 8.90. The van der Waals surface area contributed by atoms with E-state index in [1.807, 2.05) is 25.2 Å². The van der Waals surface area contributed by atoms with Crippen LogP contribution in [0.4, 0.5) is 5.69 Å². The molecule has 0 fully saturated rings. The first-order valence-corrected chi connectivity index (χ1v) is 8.46. The van der Waals surface area contributed by atoms with E-state index in [-0.39, 0.29) is 17.5 Å². The van der Waals surface area contributed by atoms with Crippen LogP contribution in [0.5, 0.6) is 17.2 Å². The highest BCUT2D eigenvalue weighted by Crippen LogP contribution is 2.33.